The average Bonchev–Trinajstić information content (AvgIpc) is 3.08. The summed E-state index contributed by atoms with van der Waals surface area (Å²) in [7, 11) is 0. The zero-order valence-electron chi connectivity index (χ0n) is 14.7. The van der Waals surface area contributed by atoms with Gasteiger partial charge in [-0.3, -0.25) is 4.90 Å². The van der Waals surface area contributed by atoms with Gasteiger partial charge in [-0.2, -0.15) is 5.26 Å². The first-order valence-corrected chi connectivity index (χ1v) is 9.12. The molecule has 1 unspecified atom stereocenters. The van der Waals surface area contributed by atoms with Gasteiger partial charge in [0.25, 0.3) is 0 Å². The van der Waals surface area contributed by atoms with Crippen molar-refractivity contribution in [3.63, 3.8) is 0 Å². The molecule has 0 amide bonds. The minimum atomic E-state index is 0.421. The van der Waals surface area contributed by atoms with E-state index in [9.17, 15) is 0 Å². The summed E-state index contributed by atoms with van der Waals surface area (Å²) < 4.78 is 2.26. The molecule has 1 fully saturated rings. The van der Waals surface area contributed by atoms with Crippen molar-refractivity contribution in [1.29, 1.82) is 5.26 Å². The molecule has 126 valence electrons. The lowest BCUT2D eigenvalue weighted by atomic mass is 10.0. The van der Waals surface area contributed by atoms with E-state index >= 15 is 0 Å². The second-order valence-electron chi connectivity index (χ2n) is 6.90. The van der Waals surface area contributed by atoms with Gasteiger partial charge in [0.15, 0.2) is 0 Å². The maximum Gasteiger partial charge on any atom is 0.0991 e. The van der Waals surface area contributed by atoms with E-state index in [4.69, 9.17) is 5.26 Å². The van der Waals surface area contributed by atoms with E-state index in [1.54, 1.807) is 0 Å². The van der Waals surface area contributed by atoms with Crippen molar-refractivity contribution in [3.05, 3.63) is 65.9 Å². The van der Waals surface area contributed by atoms with Gasteiger partial charge < -0.3 is 4.57 Å². The molecule has 1 aliphatic heterocycles. The largest absolute Gasteiger partial charge is 0.316 e. The Morgan fingerprint density at radius 1 is 0.960 bits per heavy atom. The highest BCUT2D eigenvalue weighted by Crippen LogP contribution is 2.33. The summed E-state index contributed by atoms with van der Waals surface area (Å²) in [5.41, 5.74) is 4.42. The Morgan fingerprint density at radius 2 is 1.68 bits per heavy atom. The third-order valence-electron chi connectivity index (χ3n) is 5.41. The van der Waals surface area contributed by atoms with Crippen molar-refractivity contribution in [2.24, 2.45) is 0 Å². The molecular formula is C22H23N3. The Labute approximate surface area is 149 Å². The van der Waals surface area contributed by atoms with Crippen LogP contribution < -0.4 is 0 Å². The summed E-state index contributed by atoms with van der Waals surface area (Å²) in [5, 5.41) is 10.4. The molecule has 2 heterocycles. The van der Waals surface area contributed by atoms with Gasteiger partial charge in [0, 0.05) is 23.3 Å². The summed E-state index contributed by atoms with van der Waals surface area (Å²) in [6.07, 6.45) is 6.25. The third-order valence-corrected chi connectivity index (χ3v) is 5.41. The van der Waals surface area contributed by atoms with Crippen LogP contribution in [-0.2, 0) is 0 Å². The van der Waals surface area contributed by atoms with Crippen molar-refractivity contribution in [2.75, 3.05) is 13.1 Å². The summed E-state index contributed by atoms with van der Waals surface area (Å²) in [5.74, 6) is 0. The lowest BCUT2D eigenvalue weighted by Crippen LogP contribution is -2.32. The number of nitriles is 1. The van der Waals surface area contributed by atoms with Crippen molar-refractivity contribution >= 4 is 10.9 Å². The standard InChI is InChI=1S/C22H23N3/c1-17(24-13-5-2-6-14-24)21-16-25(22-8-4-3-7-20(21)22)19-11-9-18(15-23)10-12-19/h3-4,7-12,16-17H,2,5-6,13-14H2,1H3. The van der Waals surface area contributed by atoms with E-state index in [1.165, 1.54) is 48.8 Å². The molecule has 0 radical (unpaired) electrons. The number of hydrogen-bond donors (Lipinski definition) is 0. The molecule has 3 nitrogen and oxygen atoms in total. The van der Waals surface area contributed by atoms with Gasteiger partial charge in [-0.15, -0.1) is 0 Å². The zero-order valence-corrected chi connectivity index (χ0v) is 14.7. The molecule has 1 atom stereocenters. The Kier molecular flexibility index (Phi) is 4.29. The molecule has 25 heavy (non-hydrogen) atoms. The maximum atomic E-state index is 9.03. The molecule has 2 aromatic carbocycles. The summed E-state index contributed by atoms with van der Waals surface area (Å²) in [4.78, 5) is 2.61. The highest BCUT2D eigenvalue weighted by Gasteiger charge is 2.22. The van der Waals surface area contributed by atoms with Crippen molar-refractivity contribution in [1.82, 2.24) is 9.47 Å². The second-order valence-corrected chi connectivity index (χ2v) is 6.90. The van der Waals surface area contributed by atoms with E-state index in [0.29, 0.717) is 11.6 Å². The van der Waals surface area contributed by atoms with Gasteiger partial charge in [0.2, 0.25) is 0 Å². The van der Waals surface area contributed by atoms with Crippen LogP contribution in [0.2, 0.25) is 0 Å². The molecule has 0 spiro atoms. The number of aromatic nitrogens is 1. The van der Waals surface area contributed by atoms with Gasteiger partial charge in [0.1, 0.15) is 0 Å². The SMILES string of the molecule is CC(c1cn(-c2ccc(C#N)cc2)c2ccccc12)N1CCCCC1. The minimum absolute atomic E-state index is 0.421. The fraction of sp³-hybridized carbons (Fsp3) is 0.318. The summed E-state index contributed by atoms with van der Waals surface area (Å²) in [6.45, 7) is 4.71. The topological polar surface area (TPSA) is 32.0 Å². The fourth-order valence-corrected chi connectivity index (χ4v) is 3.95. The molecule has 3 aromatic rings. The first-order chi connectivity index (χ1) is 12.3. The first kappa shape index (κ1) is 15.9. The van der Waals surface area contributed by atoms with E-state index < -0.39 is 0 Å². The number of piperidine rings is 1. The van der Waals surface area contributed by atoms with Crippen LogP contribution in [0.5, 0.6) is 0 Å². The van der Waals surface area contributed by atoms with E-state index in [0.717, 1.165) is 5.69 Å². The lowest BCUT2D eigenvalue weighted by molar-refractivity contribution is 0.175. The van der Waals surface area contributed by atoms with Gasteiger partial charge in [0.05, 0.1) is 17.1 Å². The molecular weight excluding hydrogens is 306 g/mol. The smallest absolute Gasteiger partial charge is 0.0991 e. The lowest BCUT2D eigenvalue weighted by Gasteiger charge is -2.32. The van der Waals surface area contributed by atoms with Crippen LogP contribution in [-0.4, -0.2) is 22.6 Å². The molecule has 4 rings (SSSR count). The van der Waals surface area contributed by atoms with Gasteiger partial charge in [-0.1, -0.05) is 24.6 Å². The molecule has 0 aliphatic carbocycles. The molecule has 1 saturated heterocycles. The number of likely N-dealkylation sites (tertiary alicyclic amines) is 1. The third kappa shape index (κ3) is 2.94. The number of hydrogen-bond acceptors (Lipinski definition) is 2. The van der Waals surface area contributed by atoms with E-state index in [1.807, 2.05) is 24.3 Å². The summed E-state index contributed by atoms with van der Waals surface area (Å²) >= 11 is 0. The number of benzene rings is 2. The zero-order chi connectivity index (χ0) is 17.2. The van der Waals surface area contributed by atoms with Crippen molar-refractivity contribution in [3.8, 4) is 11.8 Å². The quantitative estimate of drug-likeness (QED) is 0.673. The number of rotatable bonds is 3. The maximum absolute atomic E-state index is 9.03. The van der Waals surface area contributed by atoms with Crippen LogP contribution in [0.15, 0.2) is 54.7 Å². The Hall–Kier alpha value is -2.57. The van der Waals surface area contributed by atoms with Crippen LogP contribution in [0, 0.1) is 11.3 Å². The minimum Gasteiger partial charge on any atom is -0.316 e. The second kappa shape index (κ2) is 6.74. The fourth-order valence-electron chi connectivity index (χ4n) is 3.95. The number of para-hydroxylation sites is 1. The molecule has 1 aliphatic rings. The van der Waals surface area contributed by atoms with E-state index in [-0.39, 0.29) is 0 Å². The van der Waals surface area contributed by atoms with Crippen LogP contribution in [0.3, 0.4) is 0 Å². The van der Waals surface area contributed by atoms with Gasteiger partial charge in [-0.25, -0.2) is 0 Å². The Bertz CT molecular complexity index is 909. The predicted octanol–water partition coefficient (Wildman–Crippen LogP) is 5.05. The van der Waals surface area contributed by atoms with Crippen LogP contribution in [0.25, 0.3) is 16.6 Å². The summed E-state index contributed by atoms with van der Waals surface area (Å²) in [6, 6.07) is 19.1. The number of fused-ring (bicyclic) bond motifs is 1. The predicted molar refractivity (Wildman–Crippen MR) is 102 cm³/mol. The van der Waals surface area contributed by atoms with Crippen molar-refractivity contribution in [2.45, 2.75) is 32.2 Å². The van der Waals surface area contributed by atoms with Gasteiger partial charge in [-0.05, 0) is 68.8 Å². The number of nitrogens with zero attached hydrogens (tertiary/aromatic N) is 3. The van der Waals surface area contributed by atoms with Crippen LogP contribution in [0.4, 0.5) is 0 Å². The van der Waals surface area contributed by atoms with Crippen molar-refractivity contribution < 1.29 is 0 Å². The molecule has 0 bridgehead atoms. The molecule has 0 saturated carbocycles. The van der Waals surface area contributed by atoms with Crippen LogP contribution >= 0.6 is 0 Å². The highest BCUT2D eigenvalue weighted by atomic mass is 15.2. The monoisotopic (exact) mass is 329 g/mol. The Morgan fingerprint density at radius 3 is 2.40 bits per heavy atom. The first-order valence-electron chi connectivity index (χ1n) is 9.12. The molecule has 3 heteroatoms. The average molecular weight is 329 g/mol. The highest BCUT2D eigenvalue weighted by molar-refractivity contribution is 5.86. The van der Waals surface area contributed by atoms with E-state index in [2.05, 4.69) is 52.9 Å². The van der Waals surface area contributed by atoms with Crippen LogP contribution in [0.1, 0.15) is 43.4 Å². The Balaban J connectivity index is 1.79. The normalized spacial score (nSPS) is 16.6. The molecule has 1 aromatic heterocycles. The van der Waals surface area contributed by atoms with Gasteiger partial charge >= 0.3 is 0 Å². The molecule has 0 N–H and O–H groups in total.